The van der Waals surface area contributed by atoms with E-state index in [0.29, 0.717) is 25.1 Å². The molecule has 0 saturated carbocycles. The Hall–Kier alpha value is -0.980. The van der Waals surface area contributed by atoms with Crippen LogP contribution in [0.5, 0.6) is 0 Å². The van der Waals surface area contributed by atoms with Gasteiger partial charge >= 0.3 is 0 Å². The van der Waals surface area contributed by atoms with Gasteiger partial charge in [0.05, 0.1) is 5.75 Å². The van der Waals surface area contributed by atoms with Gasteiger partial charge in [-0.1, -0.05) is 12.1 Å². The first-order valence-electron chi connectivity index (χ1n) is 5.45. The van der Waals surface area contributed by atoms with Gasteiger partial charge in [0.15, 0.2) is 0 Å². The first kappa shape index (κ1) is 12.5. The van der Waals surface area contributed by atoms with Gasteiger partial charge in [-0.05, 0) is 24.1 Å². The van der Waals surface area contributed by atoms with Gasteiger partial charge in [-0.2, -0.15) is 0 Å². The summed E-state index contributed by atoms with van der Waals surface area (Å²) in [4.78, 5) is 0. The van der Waals surface area contributed by atoms with Crippen molar-refractivity contribution >= 4 is 10.0 Å². The van der Waals surface area contributed by atoms with Crippen molar-refractivity contribution in [2.45, 2.75) is 18.2 Å². The molecule has 1 atom stereocenters. The zero-order valence-corrected chi connectivity index (χ0v) is 10.2. The fraction of sp³-hybridized carbons (Fsp3) is 0.455. The number of hydrogen-bond acceptors (Lipinski definition) is 3. The number of nitrogens with zero attached hydrogens (tertiary/aromatic N) is 1. The Bertz CT molecular complexity index is 504. The highest BCUT2D eigenvalue weighted by Crippen LogP contribution is 2.17. The molecule has 1 heterocycles. The monoisotopic (exact) mass is 258 g/mol. The second kappa shape index (κ2) is 4.72. The van der Waals surface area contributed by atoms with E-state index in [1.165, 1.54) is 22.5 Å². The maximum atomic E-state index is 13.0. The topological polar surface area (TPSA) is 63.4 Å². The number of sulfonamides is 1. The molecule has 0 unspecified atom stereocenters. The summed E-state index contributed by atoms with van der Waals surface area (Å²) < 4.78 is 38.3. The summed E-state index contributed by atoms with van der Waals surface area (Å²) in [5, 5.41) is 0. The molecule has 1 aliphatic heterocycles. The van der Waals surface area contributed by atoms with Crippen LogP contribution in [0.4, 0.5) is 4.39 Å². The van der Waals surface area contributed by atoms with Crippen molar-refractivity contribution in [3.05, 3.63) is 35.6 Å². The highest BCUT2D eigenvalue weighted by Gasteiger charge is 2.29. The van der Waals surface area contributed by atoms with E-state index in [9.17, 15) is 12.8 Å². The van der Waals surface area contributed by atoms with E-state index in [0.717, 1.165) is 0 Å². The van der Waals surface area contributed by atoms with Crippen molar-refractivity contribution in [3.63, 3.8) is 0 Å². The van der Waals surface area contributed by atoms with Crippen LogP contribution in [0.15, 0.2) is 24.3 Å². The van der Waals surface area contributed by atoms with E-state index in [-0.39, 0.29) is 11.8 Å². The maximum absolute atomic E-state index is 13.0. The highest BCUT2D eigenvalue weighted by molar-refractivity contribution is 7.88. The quantitative estimate of drug-likeness (QED) is 0.867. The summed E-state index contributed by atoms with van der Waals surface area (Å²) in [7, 11) is -3.38. The van der Waals surface area contributed by atoms with Crippen molar-refractivity contribution in [1.82, 2.24) is 4.31 Å². The van der Waals surface area contributed by atoms with E-state index in [1.54, 1.807) is 6.07 Å². The highest BCUT2D eigenvalue weighted by atomic mass is 32.2. The van der Waals surface area contributed by atoms with Crippen LogP contribution in [0.1, 0.15) is 12.0 Å². The Kier molecular flexibility index (Phi) is 3.46. The zero-order valence-electron chi connectivity index (χ0n) is 9.34. The van der Waals surface area contributed by atoms with Gasteiger partial charge in [0.1, 0.15) is 5.82 Å². The van der Waals surface area contributed by atoms with Gasteiger partial charge in [0, 0.05) is 19.1 Å². The molecule has 0 aromatic heterocycles. The van der Waals surface area contributed by atoms with Gasteiger partial charge in [0.25, 0.3) is 0 Å². The van der Waals surface area contributed by atoms with Crippen LogP contribution < -0.4 is 5.73 Å². The molecular formula is C11H15FN2O2S. The lowest BCUT2D eigenvalue weighted by Crippen LogP contribution is -2.32. The molecular weight excluding hydrogens is 243 g/mol. The first-order chi connectivity index (χ1) is 7.97. The second-order valence-corrected chi connectivity index (χ2v) is 6.26. The summed E-state index contributed by atoms with van der Waals surface area (Å²) in [5.41, 5.74) is 6.14. The van der Waals surface area contributed by atoms with Gasteiger partial charge in [-0.25, -0.2) is 17.1 Å². The molecule has 0 radical (unpaired) electrons. The van der Waals surface area contributed by atoms with E-state index < -0.39 is 15.8 Å². The molecule has 0 spiro atoms. The predicted octanol–water partition coefficient (Wildman–Crippen LogP) is 0.688. The number of halogens is 1. The van der Waals surface area contributed by atoms with E-state index >= 15 is 0 Å². The van der Waals surface area contributed by atoms with Crippen molar-refractivity contribution in [3.8, 4) is 0 Å². The Morgan fingerprint density at radius 1 is 1.47 bits per heavy atom. The van der Waals surface area contributed by atoms with Gasteiger partial charge in [-0.3, -0.25) is 0 Å². The molecule has 2 rings (SSSR count). The Labute approximate surface area is 100 Å². The molecule has 1 aromatic carbocycles. The predicted molar refractivity (Wildman–Crippen MR) is 63.2 cm³/mol. The van der Waals surface area contributed by atoms with Crippen LogP contribution >= 0.6 is 0 Å². The lowest BCUT2D eigenvalue weighted by atomic mass is 10.2. The van der Waals surface area contributed by atoms with Gasteiger partial charge in [0.2, 0.25) is 10.0 Å². The smallest absolute Gasteiger partial charge is 0.218 e. The number of hydrogen-bond donors (Lipinski definition) is 1. The van der Waals surface area contributed by atoms with Crippen LogP contribution in [-0.2, 0) is 15.8 Å². The number of nitrogens with two attached hydrogens (primary N) is 1. The minimum Gasteiger partial charge on any atom is -0.326 e. The first-order valence-corrected chi connectivity index (χ1v) is 7.06. The average Bonchev–Trinajstić information content (AvgIpc) is 2.65. The molecule has 1 fully saturated rings. The van der Waals surface area contributed by atoms with Gasteiger partial charge in [-0.15, -0.1) is 0 Å². The largest absolute Gasteiger partial charge is 0.326 e. The third-order valence-electron chi connectivity index (χ3n) is 2.82. The van der Waals surface area contributed by atoms with Crippen LogP contribution in [0.3, 0.4) is 0 Å². The molecule has 0 amide bonds. The molecule has 17 heavy (non-hydrogen) atoms. The number of rotatable bonds is 3. The van der Waals surface area contributed by atoms with Crippen molar-refractivity contribution in [2.75, 3.05) is 13.1 Å². The molecule has 6 heteroatoms. The standard InChI is InChI=1S/C11H15FN2O2S/c12-10-3-1-2-9(6-10)8-17(15,16)14-5-4-11(13)7-14/h1-3,6,11H,4-5,7-8,13H2/t11-/m1/s1. The van der Waals surface area contributed by atoms with Crippen molar-refractivity contribution in [2.24, 2.45) is 5.73 Å². The molecule has 0 aliphatic carbocycles. The lowest BCUT2D eigenvalue weighted by molar-refractivity contribution is 0.471. The third-order valence-corrected chi connectivity index (χ3v) is 4.64. The normalized spacial score (nSPS) is 21.9. The summed E-state index contributed by atoms with van der Waals surface area (Å²) >= 11 is 0. The fourth-order valence-corrected chi connectivity index (χ4v) is 3.52. The van der Waals surface area contributed by atoms with E-state index in [4.69, 9.17) is 5.73 Å². The molecule has 1 aliphatic rings. The molecule has 94 valence electrons. The fourth-order valence-electron chi connectivity index (χ4n) is 1.94. The molecule has 1 aromatic rings. The summed E-state index contributed by atoms with van der Waals surface area (Å²) in [5.74, 6) is -0.590. The van der Waals surface area contributed by atoms with Crippen molar-refractivity contribution in [1.29, 1.82) is 0 Å². The SMILES string of the molecule is N[C@@H]1CCN(S(=O)(=O)Cc2cccc(F)c2)C1. The minimum absolute atomic E-state index is 0.0858. The van der Waals surface area contributed by atoms with Crippen LogP contribution in [0.2, 0.25) is 0 Å². The Morgan fingerprint density at radius 3 is 2.82 bits per heavy atom. The minimum atomic E-state index is -3.38. The van der Waals surface area contributed by atoms with E-state index in [1.807, 2.05) is 0 Å². The van der Waals surface area contributed by atoms with E-state index in [2.05, 4.69) is 0 Å². The maximum Gasteiger partial charge on any atom is 0.218 e. The lowest BCUT2D eigenvalue weighted by Gasteiger charge is -2.15. The van der Waals surface area contributed by atoms with Crippen molar-refractivity contribution < 1.29 is 12.8 Å². The van der Waals surface area contributed by atoms with Gasteiger partial charge < -0.3 is 5.73 Å². The Morgan fingerprint density at radius 2 is 2.24 bits per heavy atom. The molecule has 1 saturated heterocycles. The van der Waals surface area contributed by atoms with Crippen LogP contribution in [0, 0.1) is 5.82 Å². The summed E-state index contributed by atoms with van der Waals surface area (Å²) in [6, 6.07) is 5.57. The second-order valence-electron chi connectivity index (χ2n) is 4.29. The summed E-state index contributed by atoms with van der Waals surface area (Å²) in [6.45, 7) is 0.816. The molecule has 2 N–H and O–H groups in total. The molecule has 0 bridgehead atoms. The van der Waals surface area contributed by atoms with Crippen LogP contribution in [0.25, 0.3) is 0 Å². The number of benzene rings is 1. The molecule has 4 nitrogen and oxygen atoms in total. The van der Waals surface area contributed by atoms with Crippen LogP contribution in [-0.4, -0.2) is 31.9 Å². The Balaban J connectivity index is 2.12. The third kappa shape index (κ3) is 3.02. The zero-order chi connectivity index (χ0) is 12.5. The average molecular weight is 258 g/mol. The summed E-state index contributed by atoms with van der Waals surface area (Å²) in [6.07, 6.45) is 0.683.